The second kappa shape index (κ2) is 8.51. The predicted octanol–water partition coefficient (Wildman–Crippen LogP) is 4.66. The maximum atomic E-state index is 11.7. The van der Waals surface area contributed by atoms with Gasteiger partial charge in [-0.2, -0.15) is 5.10 Å². The van der Waals surface area contributed by atoms with Gasteiger partial charge in [0.15, 0.2) is 6.61 Å². The van der Waals surface area contributed by atoms with Gasteiger partial charge in [-0.3, -0.25) is 9.79 Å². The van der Waals surface area contributed by atoms with E-state index in [1.165, 1.54) is 16.7 Å². The van der Waals surface area contributed by atoms with E-state index in [-0.39, 0.29) is 18.6 Å². The Morgan fingerprint density at radius 3 is 2.61 bits per heavy atom. The zero-order chi connectivity index (χ0) is 22.1. The number of amides is 1. The van der Waals surface area contributed by atoms with Crippen molar-refractivity contribution in [3.05, 3.63) is 62.8 Å². The summed E-state index contributed by atoms with van der Waals surface area (Å²) in [6.07, 6.45) is 1.91. The number of rotatable bonds is 4. The average Bonchev–Trinajstić information content (AvgIpc) is 3.08. The summed E-state index contributed by atoms with van der Waals surface area (Å²) < 4.78 is 7.36. The van der Waals surface area contributed by atoms with Crippen LogP contribution in [-0.2, 0) is 4.79 Å². The maximum Gasteiger partial charge on any atom is 0.262 e. The lowest BCUT2D eigenvalue weighted by atomic mass is 10.0. The fourth-order valence-corrected chi connectivity index (χ4v) is 4.64. The number of carbonyl (C=O) groups excluding carboxylic acids is 1. The first kappa shape index (κ1) is 21.1. The Morgan fingerprint density at radius 1 is 1.16 bits per heavy atom. The predicted molar refractivity (Wildman–Crippen MR) is 126 cm³/mol. The summed E-state index contributed by atoms with van der Waals surface area (Å²) in [6, 6.07) is 10.3. The summed E-state index contributed by atoms with van der Waals surface area (Å²) in [5, 5.41) is 9.75. The van der Waals surface area contributed by atoms with Crippen molar-refractivity contribution in [2.45, 2.75) is 40.7 Å². The molecule has 7 heteroatoms. The van der Waals surface area contributed by atoms with E-state index < -0.39 is 0 Å². The molecular formula is C24H26N4O2S. The van der Waals surface area contributed by atoms with Crippen molar-refractivity contribution in [3.8, 4) is 17.0 Å². The number of hydrogen-bond donors (Lipinski definition) is 1. The van der Waals surface area contributed by atoms with Crippen LogP contribution in [0.2, 0.25) is 0 Å². The van der Waals surface area contributed by atoms with E-state index >= 15 is 0 Å². The largest absolute Gasteiger partial charge is 0.482 e. The third-order valence-corrected chi connectivity index (χ3v) is 5.83. The van der Waals surface area contributed by atoms with Gasteiger partial charge in [0.1, 0.15) is 5.75 Å². The first-order valence-corrected chi connectivity index (χ1v) is 11.1. The van der Waals surface area contributed by atoms with Gasteiger partial charge in [-0.1, -0.05) is 17.7 Å². The third kappa shape index (κ3) is 4.46. The number of carbonyl (C=O) groups is 1. The van der Waals surface area contributed by atoms with Crippen molar-refractivity contribution in [2.24, 2.45) is 10.1 Å². The van der Waals surface area contributed by atoms with Crippen molar-refractivity contribution in [1.82, 2.24) is 4.68 Å². The van der Waals surface area contributed by atoms with E-state index in [0.717, 1.165) is 21.6 Å². The summed E-state index contributed by atoms with van der Waals surface area (Å²) in [5.41, 5.74) is 7.24. The van der Waals surface area contributed by atoms with Crippen molar-refractivity contribution in [3.63, 3.8) is 0 Å². The number of aryl methyl sites for hydroxylation is 3. The molecule has 1 aliphatic rings. The number of ether oxygens (including phenoxy) is 1. The zero-order valence-electron chi connectivity index (χ0n) is 18.4. The number of anilines is 1. The number of aromatic nitrogens is 1. The van der Waals surface area contributed by atoms with Gasteiger partial charge in [-0.05, 0) is 63.9 Å². The van der Waals surface area contributed by atoms with Crippen LogP contribution in [0.4, 0.5) is 5.69 Å². The SMILES string of the molecule is Cc1cc(C)c(C=Nn2c(-c3ccc4c(c3)NC(=O)CO4)csc2=NC(C)C)c(C)c1. The highest BCUT2D eigenvalue weighted by atomic mass is 32.1. The molecule has 0 saturated carbocycles. The number of thiazole rings is 1. The van der Waals surface area contributed by atoms with E-state index in [0.29, 0.717) is 11.4 Å². The Morgan fingerprint density at radius 2 is 1.90 bits per heavy atom. The van der Waals surface area contributed by atoms with Gasteiger partial charge in [-0.15, -0.1) is 11.3 Å². The molecule has 0 saturated heterocycles. The molecule has 0 bridgehead atoms. The van der Waals surface area contributed by atoms with Gasteiger partial charge in [0.05, 0.1) is 17.6 Å². The Balaban J connectivity index is 1.82. The van der Waals surface area contributed by atoms with Gasteiger partial charge < -0.3 is 10.1 Å². The third-order valence-electron chi connectivity index (χ3n) is 5.00. The van der Waals surface area contributed by atoms with Crippen LogP contribution in [0, 0.1) is 20.8 Å². The molecule has 1 N–H and O–H groups in total. The molecule has 0 spiro atoms. The van der Waals surface area contributed by atoms with Gasteiger partial charge in [0.2, 0.25) is 4.80 Å². The summed E-state index contributed by atoms with van der Waals surface area (Å²) in [6.45, 7) is 10.5. The summed E-state index contributed by atoms with van der Waals surface area (Å²) in [4.78, 5) is 17.3. The Kier molecular flexibility index (Phi) is 5.78. The number of hydrogen-bond acceptors (Lipinski definition) is 5. The molecule has 6 nitrogen and oxygen atoms in total. The Labute approximate surface area is 185 Å². The van der Waals surface area contributed by atoms with Gasteiger partial charge >= 0.3 is 0 Å². The number of nitrogens with zero attached hydrogens (tertiary/aromatic N) is 3. The van der Waals surface area contributed by atoms with Crippen LogP contribution in [0.25, 0.3) is 11.3 Å². The van der Waals surface area contributed by atoms with Crippen LogP contribution in [0.3, 0.4) is 0 Å². The minimum atomic E-state index is -0.151. The molecule has 3 aromatic rings. The molecule has 0 radical (unpaired) electrons. The zero-order valence-corrected chi connectivity index (χ0v) is 19.2. The first-order chi connectivity index (χ1) is 14.8. The van der Waals surface area contributed by atoms with Crippen LogP contribution in [0.5, 0.6) is 5.75 Å². The van der Waals surface area contributed by atoms with Crippen molar-refractivity contribution in [1.29, 1.82) is 0 Å². The molecule has 31 heavy (non-hydrogen) atoms. The normalized spacial score (nSPS) is 14.1. The second-order valence-electron chi connectivity index (χ2n) is 8.04. The van der Waals surface area contributed by atoms with Crippen LogP contribution in [0.15, 0.2) is 45.8 Å². The molecule has 2 aromatic carbocycles. The first-order valence-electron chi connectivity index (χ1n) is 10.3. The fraction of sp³-hybridized carbons (Fsp3) is 0.292. The average molecular weight is 435 g/mol. The molecule has 0 fully saturated rings. The molecule has 0 atom stereocenters. The smallest absolute Gasteiger partial charge is 0.262 e. The standard InChI is InChI=1S/C24H26N4O2S/c1-14(2)26-24-28(25-11-19-16(4)8-15(3)9-17(19)5)21(13-31-24)18-6-7-22-20(10-18)27-23(29)12-30-22/h6-11,13-14H,12H2,1-5H3,(H,27,29). The summed E-state index contributed by atoms with van der Waals surface area (Å²) >= 11 is 1.55. The Bertz CT molecular complexity index is 1230. The number of nitrogens with one attached hydrogen (secondary N) is 1. The van der Waals surface area contributed by atoms with E-state index in [1.54, 1.807) is 11.3 Å². The quantitative estimate of drug-likeness (QED) is 0.607. The molecule has 0 aliphatic carbocycles. The van der Waals surface area contributed by atoms with Gasteiger partial charge in [0.25, 0.3) is 5.91 Å². The van der Waals surface area contributed by atoms with Crippen molar-refractivity contribution < 1.29 is 9.53 Å². The van der Waals surface area contributed by atoms with E-state index in [4.69, 9.17) is 14.8 Å². The summed E-state index contributed by atoms with van der Waals surface area (Å²) in [7, 11) is 0. The monoisotopic (exact) mass is 434 g/mol. The molecule has 1 amide bonds. The highest BCUT2D eigenvalue weighted by molar-refractivity contribution is 7.07. The fourth-order valence-electron chi connectivity index (χ4n) is 3.67. The molecule has 4 rings (SSSR count). The molecule has 1 aliphatic heterocycles. The van der Waals surface area contributed by atoms with Crippen LogP contribution in [-0.4, -0.2) is 29.4 Å². The molecule has 160 valence electrons. The number of fused-ring (bicyclic) bond motifs is 1. The summed E-state index contributed by atoms with van der Waals surface area (Å²) in [5.74, 6) is 0.522. The molecule has 1 aromatic heterocycles. The topological polar surface area (TPSA) is 68.0 Å². The highest BCUT2D eigenvalue weighted by Gasteiger charge is 2.18. The van der Waals surface area contributed by atoms with Crippen LogP contribution < -0.4 is 14.9 Å². The minimum absolute atomic E-state index is 0.0434. The minimum Gasteiger partial charge on any atom is -0.482 e. The van der Waals surface area contributed by atoms with E-state index in [9.17, 15) is 4.79 Å². The van der Waals surface area contributed by atoms with Gasteiger partial charge in [-0.25, -0.2) is 4.68 Å². The van der Waals surface area contributed by atoms with E-state index in [1.807, 2.05) is 48.3 Å². The lowest BCUT2D eigenvalue weighted by Gasteiger charge is -2.18. The van der Waals surface area contributed by atoms with E-state index in [2.05, 4.69) is 38.2 Å². The highest BCUT2D eigenvalue weighted by Crippen LogP contribution is 2.33. The molecule has 0 unspecified atom stereocenters. The molecule has 2 heterocycles. The number of benzene rings is 2. The maximum absolute atomic E-state index is 11.7. The van der Waals surface area contributed by atoms with Crippen LogP contribution >= 0.6 is 11.3 Å². The van der Waals surface area contributed by atoms with Crippen molar-refractivity contribution in [2.75, 3.05) is 11.9 Å². The van der Waals surface area contributed by atoms with Crippen molar-refractivity contribution >= 4 is 29.1 Å². The Hall–Kier alpha value is -3.19. The molecular weight excluding hydrogens is 408 g/mol. The lowest BCUT2D eigenvalue weighted by molar-refractivity contribution is -0.118. The second-order valence-corrected chi connectivity index (χ2v) is 8.88. The van der Waals surface area contributed by atoms with Crippen LogP contribution in [0.1, 0.15) is 36.1 Å². The van der Waals surface area contributed by atoms with Gasteiger partial charge in [0, 0.05) is 22.5 Å². The lowest BCUT2D eigenvalue weighted by Crippen LogP contribution is -2.25.